The summed E-state index contributed by atoms with van der Waals surface area (Å²) < 4.78 is 30.4. The highest BCUT2D eigenvalue weighted by atomic mass is 32.2. The van der Waals surface area contributed by atoms with E-state index in [4.69, 9.17) is 4.18 Å². The first-order chi connectivity index (χ1) is 10.9. The Hall–Kier alpha value is -1.25. The van der Waals surface area contributed by atoms with Crippen LogP contribution in [0.2, 0.25) is 24.7 Å². The molecule has 2 rings (SSSR count). The van der Waals surface area contributed by atoms with Crippen molar-refractivity contribution in [2.24, 2.45) is 0 Å². The summed E-state index contributed by atoms with van der Waals surface area (Å²) in [6, 6.07) is 4.83. The summed E-state index contributed by atoms with van der Waals surface area (Å²) in [5.41, 5.74) is -0.141. The van der Waals surface area contributed by atoms with E-state index in [1.807, 2.05) is 0 Å². The highest BCUT2D eigenvalue weighted by Crippen LogP contribution is 2.51. The average molecular weight is 372 g/mol. The van der Waals surface area contributed by atoms with E-state index in [0.29, 0.717) is 0 Å². The second-order valence-corrected chi connectivity index (χ2v) is 15.1. The summed E-state index contributed by atoms with van der Waals surface area (Å²) in [5.74, 6) is 0. The third-order valence-electron chi connectivity index (χ3n) is 5.34. The Morgan fingerprint density at radius 1 is 1.25 bits per heavy atom. The molecule has 0 radical (unpaired) electrons. The van der Waals surface area contributed by atoms with E-state index < -0.39 is 23.1 Å². The molecule has 0 spiro atoms. The van der Waals surface area contributed by atoms with Crippen molar-refractivity contribution in [3.8, 4) is 0 Å². The van der Waals surface area contributed by atoms with Crippen LogP contribution in [0.15, 0.2) is 29.2 Å². The van der Waals surface area contributed by atoms with Gasteiger partial charge in [-0.1, -0.05) is 39.4 Å². The summed E-state index contributed by atoms with van der Waals surface area (Å²) in [6.07, 6.45) is 3.22. The Morgan fingerprint density at radius 3 is 2.33 bits per heavy atom. The van der Waals surface area contributed by atoms with Gasteiger partial charge >= 0.3 is 0 Å². The molecule has 0 bridgehead atoms. The molecule has 1 aliphatic carbocycles. The molecule has 0 unspecified atom stereocenters. The van der Waals surface area contributed by atoms with E-state index in [9.17, 15) is 18.5 Å². The molecule has 8 heteroatoms. The fraction of sp³-hybridized carbons (Fsp3) is 0.625. The normalized spacial score (nSPS) is 25.4. The number of non-ortho nitro benzene ring substituents is 1. The second kappa shape index (κ2) is 6.57. The highest BCUT2D eigenvalue weighted by Gasteiger charge is 2.43. The van der Waals surface area contributed by atoms with Crippen molar-refractivity contribution in [1.29, 1.82) is 0 Å². The zero-order valence-corrected chi connectivity index (χ0v) is 16.4. The smallest absolute Gasteiger partial charge is 0.263 e. The van der Waals surface area contributed by atoms with Gasteiger partial charge in [0, 0.05) is 12.1 Å². The molecule has 0 heterocycles. The van der Waals surface area contributed by atoms with Crippen LogP contribution in [0.1, 0.15) is 32.6 Å². The van der Waals surface area contributed by atoms with Crippen molar-refractivity contribution in [3.63, 3.8) is 0 Å². The zero-order chi connectivity index (χ0) is 18.2. The van der Waals surface area contributed by atoms with Gasteiger partial charge in [0.2, 0.25) is 0 Å². The van der Waals surface area contributed by atoms with Crippen LogP contribution in [0.3, 0.4) is 0 Å². The molecule has 1 saturated carbocycles. The molecule has 0 amide bonds. The fourth-order valence-corrected chi connectivity index (χ4v) is 6.03. The van der Waals surface area contributed by atoms with Crippen molar-refractivity contribution in [2.75, 3.05) is 0 Å². The maximum atomic E-state index is 12.5. The Labute approximate surface area is 144 Å². The summed E-state index contributed by atoms with van der Waals surface area (Å²) >= 11 is 0. The van der Waals surface area contributed by atoms with Crippen molar-refractivity contribution in [2.45, 2.75) is 68.3 Å². The Bertz CT molecular complexity index is 711. The molecule has 1 aliphatic rings. The molecule has 1 aromatic rings. The van der Waals surface area contributed by atoms with E-state index >= 15 is 0 Å². The van der Waals surface area contributed by atoms with Gasteiger partial charge in [-0.3, -0.25) is 14.3 Å². The minimum absolute atomic E-state index is 0.0339. The number of nitro benzene ring substituents is 1. The Balaban J connectivity index is 2.15. The maximum Gasteiger partial charge on any atom is 0.297 e. The predicted octanol–water partition coefficient (Wildman–Crippen LogP) is 4.34. The fourth-order valence-electron chi connectivity index (χ4n) is 3.16. The van der Waals surface area contributed by atoms with Gasteiger partial charge in [-0.15, -0.1) is 0 Å². The molecule has 6 nitrogen and oxygen atoms in total. The first-order valence-corrected chi connectivity index (χ1v) is 13.0. The summed E-state index contributed by atoms with van der Waals surface area (Å²) in [4.78, 5) is 10.1. The number of hydrogen-bond donors (Lipinski definition) is 0. The maximum absolute atomic E-state index is 12.5. The SMILES string of the molecule is C[C@]1([Si](C)(C)C)CCC[C@H](OS(=O)(=O)c2ccc([N+](=O)[O-])cc2)C1. The van der Waals surface area contributed by atoms with Crippen LogP contribution in [0.5, 0.6) is 0 Å². The predicted molar refractivity (Wildman–Crippen MR) is 95.3 cm³/mol. The zero-order valence-electron chi connectivity index (χ0n) is 14.6. The molecule has 24 heavy (non-hydrogen) atoms. The first-order valence-electron chi connectivity index (χ1n) is 8.12. The van der Waals surface area contributed by atoms with Crippen molar-refractivity contribution >= 4 is 23.9 Å². The number of nitro groups is 1. The second-order valence-electron chi connectivity index (χ2n) is 7.83. The van der Waals surface area contributed by atoms with Crippen molar-refractivity contribution in [3.05, 3.63) is 34.4 Å². The highest BCUT2D eigenvalue weighted by molar-refractivity contribution is 7.86. The van der Waals surface area contributed by atoms with Crippen molar-refractivity contribution in [1.82, 2.24) is 0 Å². The van der Waals surface area contributed by atoms with E-state index in [2.05, 4.69) is 26.6 Å². The molecule has 1 fully saturated rings. The van der Waals surface area contributed by atoms with Gasteiger partial charge < -0.3 is 0 Å². The van der Waals surface area contributed by atoms with Crippen molar-refractivity contribution < 1.29 is 17.5 Å². The van der Waals surface area contributed by atoms with Crippen LogP contribution in [-0.4, -0.2) is 27.5 Å². The molecule has 2 atom stereocenters. The lowest BCUT2D eigenvalue weighted by Gasteiger charge is -2.46. The molecule has 0 saturated heterocycles. The summed E-state index contributed by atoms with van der Waals surface area (Å²) in [5, 5.41) is 10.8. The Morgan fingerprint density at radius 2 is 1.83 bits per heavy atom. The average Bonchev–Trinajstić information content (AvgIpc) is 2.46. The lowest BCUT2D eigenvalue weighted by molar-refractivity contribution is -0.384. The van der Waals surface area contributed by atoms with Crippen LogP contribution in [-0.2, 0) is 14.3 Å². The molecule has 0 aliphatic heterocycles. The minimum atomic E-state index is -3.91. The van der Waals surface area contributed by atoms with E-state index in [0.717, 1.165) is 25.7 Å². The summed E-state index contributed by atoms with van der Waals surface area (Å²) in [6.45, 7) is 9.16. The quantitative estimate of drug-likeness (QED) is 0.332. The number of nitrogens with zero attached hydrogens (tertiary/aromatic N) is 1. The van der Waals surface area contributed by atoms with E-state index in [1.54, 1.807) is 0 Å². The van der Waals surface area contributed by atoms with Crippen LogP contribution in [0.25, 0.3) is 0 Å². The topological polar surface area (TPSA) is 86.5 Å². The lowest BCUT2D eigenvalue weighted by Crippen LogP contribution is -2.43. The first kappa shape index (κ1) is 19.1. The standard InChI is InChI=1S/C16H25NO5SSi/c1-16(24(2,3)4)11-5-6-14(12-16)22-23(20,21)15-9-7-13(8-10-15)17(18)19/h7-10,14H,5-6,11-12H2,1-4H3/t14-,16-/m0/s1. The molecule has 0 aromatic heterocycles. The van der Waals surface area contributed by atoms with Gasteiger partial charge in [-0.2, -0.15) is 8.42 Å². The van der Waals surface area contributed by atoms with Crippen LogP contribution >= 0.6 is 0 Å². The van der Waals surface area contributed by atoms with Crippen LogP contribution in [0, 0.1) is 10.1 Å². The number of hydrogen-bond acceptors (Lipinski definition) is 5. The molecule has 0 N–H and O–H groups in total. The third-order valence-corrected chi connectivity index (χ3v) is 10.8. The van der Waals surface area contributed by atoms with Gasteiger partial charge in [-0.25, -0.2) is 0 Å². The largest absolute Gasteiger partial charge is 0.297 e. The summed E-state index contributed by atoms with van der Waals surface area (Å²) in [7, 11) is -5.35. The van der Waals surface area contributed by atoms with E-state index in [-0.39, 0.29) is 21.7 Å². The number of benzene rings is 1. The third kappa shape index (κ3) is 4.04. The molecule has 1 aromatic carbocycles. The van der Waals surface area contributed by atoms with Gasteiger partial charge in [0.15, 0.2) is 0 Å². The molecular weight excluding hydrogens is 346 g/mol. The molecule has 134 valence electrons. The van der Waals surface area contributed by atoms with Crippen LogP contribution in [0.4, 0.5) is 5.69 Å². The van der Waals surface area contributed by atoms with Gasteiger partial charge in [-0.05, 0) is 30.0 Å². The van der Waals surface area contributed by atoms with Gasteiger partial charge in [0.1, 0.15) is 0 Å². The lowest BCUT2D eigenvalue weighted by atomic mass is 9.87. The monoisotopic (exact) mass is 371 g/mol. The van der Waals surface area contributed by atoms with Crippen LogP contribution < -0.4 is 0 Å². The minimum Gasteiger partial charge on any atom is -0.263 e. The van der Waals surface area contributed by atoms with Gasteiger partial charge in [0.05, 0.1) is 24.0 Å². The Kier molecular flexibility index (Phi) is 5.22. The molecular formula is C16H25NO5SSi. The van der Waals surface area contributed by atoms with E-state index in [1.165, 1.54) is 24.3 Å². The number of rotatable bonds is 5. The van der Waals surface area contributed by atoms with Gasteiger partial charge in [0.25, 0.3) is 15.8 Å².